The number of benzene rings is 1. The molecule has 196 valence electrons. The molecular weight excluding hydrogens is 515 g/mol. The van der Waals surface area contributed by atoms with E-state index in [-0.39, 0.29) is 17.3 Å². The van der Waals surface area contributed by atoms with Crippen molar-refractivity contribution in [2.24, 2.45) is 0 Å². The average molecular weight is 540 g/mol. The first-order valence-electron chi connectivity index (χ1n) is 11.9. The van der Waals surface area contributed by atoms with Gasteiger partial charge in [-0.3, -0.25) is 9.59 Å². The first-order valence-corrected chi connectivity index (χ1v) is 12.8. The zero-order valence-electron chi connectivity index (χ0n) is 20.6. The number of H-pyrrole nitrogens is 1. The number of fused-ring (bicyclic) bond motifs is 1. The van der Waals surface area contributed by atoms with Gasteiger partial charge in [-0.15, -0.1) is 11.3 Å². The third kappa shape index (κ3) is 5.06. The third-order valence-electron chi connectivity index (χ3n) is 6.51. The van der Waals surface area contributed by atoms with Crippen LogP contribution in [-0.4, -0.2) is 51.7 Å². The molecule has 0 radical (unpaired) electrons. The van der Waals surface area contributed by atoms with Gasteiger partial charge in [0, 0.05) is 55.6 Å². The number of nitrogens with one attached hydrogen (secondary N) is 2. The SMILES string of the molecule is Cc1ncc(-c2c(-c3ccnc(NC(=O)C(CC(F)F)c4ccc(F)cc4)c3)[nH]c3c2C(=O)N(C)CC3)s1. The van der Waals surface area contributed by atoms with Crippen LogP contribution in [0, 0.1) is 12.7 Å². The lowest BCUT2D eigenvalue weighted by Crippen LogP contribution is -2.33. The Hall–Kier alpha value is -3.99. The molecule has 4 aromatic rings. The fourth-order valence-electron chi connectivity index (χ4n) is 4.62. The zero-order chi connectivity index (χ0) is 27.0. The Balaban J connectivity index is 1.51. The number of alkyl halides is 2. The van der Waals surface area contributed by atoms with E-state index in [1.165, 1.54) is 29.7 Å². The first kappa shape index (κ1) is 25.7. The summed E-state index contributed by atoms with van der Waals surface area (Å²) in [6, 6.07) is 8.29. The molecule has 11 heteroatoms. The van der Waals surface area contributed by atoms with Gasteiger partial charge in [-0.1, -0.05) is 12.1 Å². The molecule has 0 bridgehead atoms. The molecule has 0 saturated carbocycles. The van der Waals surface area contributed by atoms with Crippen LogP contribution >= 0.6 is 11.3 Å². The van der Waals surface area contributed by atoms with Gasteiger partial charge in [-0.2, -0.15) is 0 Å². The minimum absolute atomic E-state index is 0.0912. The topological polar surface area (TPSA) is 91.0 Å². The van der Waals surface area contributed by atoms with Crippen molar-refractivity contribution in [1.29, 1.82) is 0 Å². The highest BCUT2D eigenvalue weighted by Gasteiger charge is 2.31. The Bertz CT molecular complexity index is 1500. The van der Waals surface area contributed by atoms with E-state index in [4.69, 9.17) is 0 Å². The number of likely N-dealkylation sites (N-methyl/N-ethyl adjacent to an activating group) is 1. The van der Waals surface area contributed by atoms with Crippen molar-refractivity contribution < 1.29 is 22.8 Å². The molecule has 1 aromatic carbocycles. The van der Waals surface area contributed by atoms with Crippen LogP contribution in [0.15, 0.2) is 48.8 Å². The molecule has 38 heavy (non-hydrogen) atoms. The lowest BCUT2D eigenvalue weighted by molar-refractivity contribution is -0.118. The number of aromatic nitrogens is 3. The van der Waals surface area contributed by atoms with Crippen molar-refractivity contribution in [3.63, 3.8) is 0 Å². The highest BCUT2D eigenvalue weighted by molar-refractivity contribution is 7.15. The minimum atomic E-state index is -2.73. The van der Waals surface area contributed by atoms with Crippen LogP contribution in [0.4, 0.5) is 19.0 Å². The number of carbonyl (C=O) groups excluding carboxylic acids is 2. The second-order valence-corrected chi connectivity index (χ2v) is 10.3. The van der Waals surface area contributed by atoms with Crippen molar-refractivity contribution in [3.05, 3.63) is 76.4 Å². The van der Waals surface area contributed by atoms with E-state index in [0.29, 0.717) is 29.8 Å². The van der Waals surface area contributed by atoms with Gasteiger partial charge in [-0.25, -0.2) is 23.1 Å². The van der Waals surface area contributed by atoms with Crippen molar-refractivity contribution >= 4 is 29.0 Å². The number of aryl methyl sites for hydroxylation is 1. The number of halogens is 3. The molecular formula is C27H24F3N5O2S. The molecule has 1 aliphatic heterocycles. The summed E-state index contributed by atoms with van der Waals surface area (Å²) in [6.45, 7) is 2.47. The van der Waals surface area contributed by atoms with Crippen LogP contribution in [0.5, 0.6) is 0 Å². The smallest absolute Gasteiger partial charge is 0.256 e. The number of hydrogen-bond acceptors (Lipinski definition) is 5. The predicted octanol–water partition coefficient (Wildman–Crippen LogP) is 5.65. The van der Waals surface area contributed by atoms with E-state index >= 15 is 0 Å². The normalized spacial score (nSPS) is 14.1. The number of pyridine rings is 1. The van der Waals surface area contributed by atoms with E-state index in [1.807, 2.05) is 6.92 Å². The molecule has 0 aliphatic carbocycles. The van der Waals surface area contributed by atoms with Gasteiger partial charge in [0.1, 0.15) is 11.6 Å². The number of carbonyl (C=O) groups is 2. The molecule has 0 spiro atoms. The maximum atomic E-state index is 13.4. The second kappa shape index (κ2) is 10.4. The molecule has 1 unspecified atom stereocenters. The molecule has 4 heterocycles. The zero-order valence-corrected chi connectivity index (χ0v) is 21.4. The Morgan fingerprint density at radius 1 is 1.18 bits per heavy atom. The fourth-order valence-corrected chi connectivity index (χ4v) is 5.46. The van der Waals surface area contributed by atoms with E-state index < -0.39 is 30.5 Å². The monoisotopic (exact) mass is 539 g/mol. The Morgan fingerprint density at radius 3 is 2.63 bits per heavy atom. The van der Waals surface area contributed by atoms with E-state index in [0.717, 1.165) is 33.3 Å². The van der Waals surface area contributed by atoms with Gasteiger partial charge in [0.2, 0.25) is 12.3 Å². The van der Waals surface area contributed by atoms with E-state index in [1.54, 1.807) is 30.3 Å². The van der Waals surface area contributed by atoms with E-state index in [2.05, 4.69) is 20.3 Å². The molecule has 0 fully saturated rings. The quantitative estimate of drug-likeness (QED) is 0.317. The molecule has 0 saturated heterocycles. The molecule has 1 aliphatic rings. The average Bonchev–Trinajstić information content (AvgIpc) is 3.49. The summed E-state index contributed by atoms with van der Waals surface area (Å²) in [5.74, 6) is -2.32. The largest absolute Gasteiger partial charge is 0.357 e. The van der Waals surface area contributed by atoms with E-state index in [9.17, 15) is 22.8 Å². The van der Waals surface area contributed by atoms with Gasteiger partial charge in [0.15, 0.2) is 0 Å². The Kier molecular flexibility index (Phi) is 7.02. The lowest BCUT2D eigenvalue weighted by atomic mass is 9.95. The highest BCUT2D eigenvalue weighted by atomic mass is 32.1. The summed E-state index contributed by atoms with van der Waals surface area (Å²) in [6.07, 6.45) is 0.438. The third-order valence-corrected chi connectivity index (χ3v) is 7.44. The fraction of sp³-hybridized carbons (Fsp3) is 0.259. The maximum Gasteiger partial charge on any atom is 0.256 e. The van der Waals surface area contributed by atoms with Gasteiger partial charge < -0.3 is 15.2 Å². The summed E-state index contributed by atoms with van der Waals surface area (Å²) in [5, 5.41) is 3.49. The van der Waals surface area contributed by atoms with Crippen molar-refractivity contribution in [2.45, 2.75) is 32.1 Å². The number of nitrogens with zero attached hydrogens (tertiary/aromatic N) is 3. The predicted molar refractivity (Wildman–Crippen MR) is 139 cm³/mol. The van der Waals surface area contributed by atoms with Gasteiger partial charge >= 0.3 is 0 Å². The highest BCUT2D eigenvalue weighted by Crippen LogP contribution is 2.41. The van der Waals surface area contributed by atoms with Crippen molar-refractivity contribution in [1.82, 2.24) is 19.9 Å². The molecule has 7 nitrogen and oxygen atoms in total. The summed E-state index contributed by atoms with van der Waals surface area (Å²) in [7, 11) is 1.76. The van der Waals surface area contributed by atoms with Crippen LogP contribution in [0.1, 0.15) is 39.0 Å². The molecule has 3 aromatic heterocycles. The van der Waals surface area contributed by atoms with Crippen LogP contribution in [0.2, 0.25) is 0 Å². The molecule has 1 atom stereocenters. The minimum Gasteiger partial charge on any atom is -0.357 e. The number of anilines is 1. The summed E-state index contributed by atoms with van der Waals surface area (Å²) >= 11 is 1.47. The van der Waals surface area contributed by atoms with Crippen LogP contribution in [-0.2, 0) is 11.2 Å². The standard InChI is InChI=1S/C27H24F3N5O2S/c1-14-32-13-20(38-14)24-23-19(8-10-35(2)27(23)37)33-25(24)16-7-9-31-22(11-16)34-26(36)18(12-21(29)30)15-3-5-17(28)6-4-15/h3-7,9,11,13,18,21,33H,8,10,12H2,1-2H3,(H,31,34,36). The van der Waals surface area contributed by atoms with Gasteiger partial charge in [0.05, 0.1) is 27.1 Å². The van der Waals surface area contributed by atoms with Crippen LogP contribution in [0.3, 0.4) is 0 Å². The maximum absolute atomic E-state index is 13.4. The molecule has 2 N–H and O–H groups in total. The van der Waals surface area contributed by atoms with Crippen LogP contribution in [0.25, 0.3) is 21.7 Å². The lowest BCUT2D eigenvalue weighted by Gasteiger charge is -2.22. The molecule has 2 amide bonds. The Labute approximate surface area is 220 Å². The van der Waals surface area contributed by atoms with Gasteiger partial charge in [0.25, 0.3) is 5.91 Å². The summed E-state index contributed by atoms with van der Waals surface area (Å²) < 4.78 is 40.0. The number of amides is 2. The number of hydrogen-bond donors (Lipinski definition) is 2. The number of thiazole rings is 1. The van der Waals surface area contributed by atoms with Gasteiger partial charge in [-0.05, 0) is 36.8 Å². The number of rotatable bonds is 7. The van der Waals surface area contributed by atoms with Crippen molar-refractivity contribution in [2.75, 3.05) is 18.9 Å². The first-order chi connectivity index (χ1) is 18.2. The Morgan fingerprint density at radius 2 is 1.95 bits per heavy atom. The second-order valence-electron chi connectivity index (χ2n) is 9.10. The van der Waals surface area contributed by atoms with Crippen molar-refractivity contribution in [3.8, 4) is 21.7 Å². The number of aromatic amines is 1. The molecule has 5 rings (SSSR count). The van der Waals surface area contributed by atoms with Crippen LogP contribution < -0.4 is 5.32 Å². The summed E-state index contributed by atoms with van der Waals surface area (Å²) in [5.41, 5.74) is 3.76. The summed E-state index contributed by atoms with van der Waals surface area (Å²) in [4.78, 5) is 40.7.